The zero-order chi connectivity index (χ0) is 15.8. The minimum atomic E-state index is -0.915. The number of hydrogen-bond acceptors (Lipinski definition) is 5. The van der Waals surface area contributed by atoms with E-state index in [0.717, 1.165) is 5.56 Å². The topological polar surface area (TPSA) is 77.0 Å². The van der Waals surface area contributed by atoms with Gasteiger partial charge in [-0.2, -0.15) is 0 Å². The van der Waals surface area contributed by atoms with Crippen LogP contribution in [0.5, 0.6) is 11.5 Å². The molecular formula is C15H23NO5. The number of benzene rings is 1. The lowest BCUT2D eigenvalue weighted by Gasteiger charge is -2.20. The number of amides is 1. The van der Waals surface area contributed by atoms with Crippen LogP contribution in [0.4, 0.5) is 0 Å². The predicted octanol–water partition coefficient (Wildman–Crippen LogP) is 1.98. The summed E-state index contributed by atoms with van der Waals surface area (Å²) in [4.78, 5) is 12.1. The summed E-state index contributed by atoms with van der Waals surface area (Å²) in [5, 5.41) is 12.4. The van der Waals surface area contributed by atoms with E-state index in [-0.39, 0.29) is 17.7 Å². The van der Waals surface area contributed by atoms with Gasteiger partial charge in [0.25, 0.3) is 5.91 Å². The summed E-state index contributed by atoms with van der Waals surface area (Å²) in [5.41, 5.74) is 0.810. The van der Waals surface area contributed by atoms with Crippen molar-refractivity contribution in [2.75, 3.05) is 20.3 Å². The van der Waals surface area contributed by atoms with E-state index < -0.39 is 6.29 Å². The summed E-state index contributed by atoms with van der Waals surface area (Å²) in [7, 11) is 1.47. The fraction of sp³-hybridized carbons (Fsp3) is 0.533. The summed E-state index contributed by atoms with van der Waals surface area (Å²) in [5.74, 6) is 0.0827. The molecule has 0 aliphatic carbocycles. The monoisotopic (exact) mass is 297 g/mol. The van der Waals surface area contributed by atoms with E-state index in [0.29, 0.717) is 19.0 Å². The van der Waals surface area contributed by atoms with Crippen molar-refractivity contribution >= 4 is 5.91 Å². The molecule has 0 fully saturated rings. The lowest BCUT2D eigenvalue weighted by Crippen LogP contribution is -2.39. The number of phenolic OH excluding ortho intramolecular Hbond substituents is 1. The molecule has 1 aromatic rings. The molecule has 21 heavy (non-hydrogen) atoms. The summed E-state index contributed by atoms with van der Waals surface area (Å²) < 4.78 is 15.5. The highest BCUT2D eigenvalue weighted by atomic mass is 16.7. The van der Waals surface area contributed by atoms with E-state index >= 15 is 0 Å². The molecule has 0 radical (unpaired) electrons. The molecule has 1 amide bonds. The number of hydrogen-bond donors (Lipinski definition) is 2. The van der Waals surface area contributed by atoms with Crippen LogP contribution in [-0.4, -0.2) is 37.6 Å². The molecule has 0 aliphatic heterocycles. The SMILES string of the molecule is CCOC(OCC)C(=O)N[C@H](C)c1ccc(O)c(OC)c1. The Kier molecular flexibility index (Phi) is 6.98. The smallest absolute Gasteiger partial charge is 0.277 e. The molecule has 0 aromatic heterocycles. The Balaban J connectivity index is 2.75. The zero-order valence-corrected chi connectivity index (χ0v) is 12.9. The van der Waals surface area contributed by atoms with E-state index in [2.05, 4.69) is 5.32 Å². The highest BCUT2D eigenvalue weighted by Crippen LogP contribution is 2.28. The molecular weight excluding hydrogens is 274 g/mol. The molecule has 0 heterocycles. The first-order chi connectivity index (χ1) is 10.0. The maximum atomic E-state index is 12.1. The summed E-state index contributed by atoms with van der Waals surface area (Å²) >= 11 is 0. The van der Waals surface area contributed by atoms with Crippen LogP contribution in [0.1, 0.15) is 32.4 Å². The molecule has 1 aromatic carbocycles. The molecule has 6 nitrogen and oxygen atoms in total. The summed E-state index contributed by atoms with van der Waals surface area (Å²) in [6.07, 6.45) is -0.915. The second-order valence-electron chi connectivity index (χ2n) is 4.40. The first-order valence-corrected chi connectivity index (χ1v) is 6.93. The summed E-state index contributed by atoms with van der Waals surface area (Å²) in [6, 6.07) is 4.66. The van der Waals surface area contributed by atoms with Crippen LogP contribution >= 0.6 is 0 Å². The number of carbonyl (C=O) groups is 1. The Morgan fingerprint density at radius 2 is 1.90 bits per heavy atom. The van der Waals surface area contributed by atoms with Crippen LogP contribution in [0.25, 0.3) is 0 Å². The molecule has 0 bridgehead atoms. The minimum absolute atomic E-state index is 0.0567. The zero-order valence-electron chi connectivity index (χ0n) is 12.9. The molecule has 0 aliphatic rings. The fourth-order valence-corrected chi connectivity index (χ4v) is 1.83. The minimum Gasteiger partial charge on any atom is -0.504 e. The maximum absolute atomic E-state index is 12.1. The van der Waals surface area contributed by atoms with Gasteiger partial charge >= 0.3 is 0 Å². The molecule has 2 N–H and O–H groups in total. The van der Waals surface area contributed by atoms with E-state index in [1.54, 1.807) is 26.0 Å². The predicted molar refractivity (Wildman–Crippen MR) is 78.3 cm³/mol. The van der Waals surface area contributed by atoms with Crippen LogP contribution < -0.4 is 10.1 Å². The Labute approximate surface area is 125 Å². The van der Waals surface area contributed by atoms with Crippen molar-refractivity contribution in [3.8, 4) is 11.5 Å². The third-order valence-electron chi connectivity index (χ3n) is 2.91. The highest BCUT2D eigenvalue weighted by Gasteiger charge is 2.21. The molecule has 0 unspecified atom stereocenters. The number of rotatable bonds is 8. The van der Waals surface area contributed by atoms with Gasteiger partial charge in [-0.3, -0.25) is 4.79 Å². The Hall–Kier alpha value is -1.79. The van der Waals surface area contributed by atoms with Gasteiger partial charge in [0, 0.05) is 13.2 Å². The van der Waals surface area contributed by atoms with E-state index in [1.165, 1.54) is 13.2 Å². The van der Waals surface area contributed by atoms with Gasteiger partial charge < -0.3 is 24.6 Å². The van der Waals surface area contributed by atoms with Gasteiger partial charge in [0.1, 0.15) is 0 Å². The first kappa shape index (κ1) is 17.3. The van der Waals surface area contributed by atoms with Crippen molar-refractivity contribution in [3.05, 3.63) is 23.8 Å². The van der Waals surface area contributed by atoms with Gasteiger partial charge in [-0.05, 0) is 38.5 Å². The first-order valence-electron chi connectivity index (χ1n) is 6.93. The molecule has 0 saturated carbocycles. The largest absolute Gasteiger partial charge is 0.504 e. The average molecular weight is 297 g/mol. The molecule has 1 atom stereocenters. The number of methoxy groups -OCH3 is 1. The van der Waals surface area contributed by atoms with E-state index in [4.69, 9.17) is 14.2 Å². The number of nitrogens with one attached hydrogen (secondary N) is 1. The van der Waals surface area contributed by atoms with E-state index in [1.807, 2.05) is 6.92 Å². The third-order valence-corrected chi connectivity index (χ3v) is 2.91. The van der Waals surface area contributed by atoms with Crippen molar-refractivity contribution in [2.24, 2.45) is 0 Å². The number of aromatic hydroxyl groups is 1. The van der Waals surface area contributed by atoms with Crippen molar-refractivity contribution < 1.29 is 24.1 Å². The van der Waals surface area contributed by atoms with Gasteiger partial charge in [-0.25, -0.2) is 0 Å². The standard InChI is InChI=1S/C15H23NO5/c1-5-20-15(21-6-2)14(18)16-10(3)11-7-8-12(17)13(9-11)19-4/h7-10,15,17H,5-6H2,1-4H3,(H,16,18)/t10-/m1/s1. The van der Waals surface area contributed by atoms with Gasteiger partial charge in [-0.15, -0.1) is 0 Å². The second kappa shape index (κ2) is 8.49. The molecule has 1 rings (SSSR count). The van der Waals surface area contributed by atoms with Crippen molar-refractivity contribution in [1.82, 2.24) is 5.32 Å². The normalized spacial score (nSPS) is 12.2. The number of phenols is 1. The lowest BCUT2D eigenvalue weighted by atomic mass is 10.1. The fourth-order valence-electron chi connectivity index (χ4n) is 1.83. The quantitative estimate of drug-likeness (QED) is 0.717. The Bertz CT molecular complexity index is 457. The van der Waals surface area contributed by atoms with Gasteiger partial charge in [0.2, 0.25) is 6.29 Å². The molecule has 118 valence electrons. The molecule has 0 spiro atoms. The lowest BCUT2D eigenvalue weighted by molar-refractivity contribution is -0.170. The van der Waals surface area contributed by atoms with Crippen LogP contribution in [0.3, 0.4) is 0 Å². The van der Waals surface area contributed by atoms with Crippen LogP contribution in [0, 0.1) is 0 Å². The van der Waals surface area contributed by atoms with Crippen LogP contribution in [0.2, 0.25) is 0 Å². The highest BCUT2D eigenvalue weighted by molar-refractivity contribution is 5.79. The summed E-state index contributed by atoms with van der Waals surface area (Å²) in [6.45, 7) is 6.21. The second-order valence-corrected chi connectivity index (χ2v) is 4.40. The third kappa shape index (κ3) is 4.91. The van der Waals surface area contributed by atoms with Gasteiger partial charge in [-0.1, -0.05) is 6.07 Å². The maximum Gasteiger partial charge on any atom is 0.277 e. The van der Waals surface area contributed by atoms with Crippen molar-refractivity contribution in [2.45, 2.75) is 33.1 Å². The Morgan fingerprint density at radius 1 is 1.29 bits per heavy atom. The molecule has 0 saturated heterocycles. The van der Waals surface area contributed by atoms with Crippen LogP contribution in [0.15, 0.2) is 18.2 Å². The van der Waals surface area contributed by atoms with Crippen molar-refractivity contribution in [3.63, 3.8) is 0 Å². The van der Waals surface area contributed by atoms with Crippen LogP contribution in [-0.2, 0) is 14.3 Å². The average Bonchev–Trinajstić information content (AvgIpc) is 2.47. The number of carbonyl (C=O) groups excluding carboxylic acids is 1. The van der Waals surface area contributed by atoms with E-state index in [9.17, 15) is 9.90 Å². The Morgan fingerprint density at radius 3 is 2.43 bits per heavy atom. The number of ether oxygens (including phenoxy) is 3. The molecule has 6 heteroatoms. The van der Waals surface area contributed by atoms with Gasteiger partial charge in [0.15, 0.2) is 11.5 Å². The van der Waals surface area contributed by atoms with Gasteiger partial charge in [0.05, 0.1) is 13.2 Å². The van der Waals surface area contributed by atoms with Crippen molar-refractivity contribution in [1.29, 1.82) is 0 Å².